The molecule has 0 aromatic heterocycles. The Morgan fingerprint density at radius 3 is 1.70 bits per heavy atom. The molecule has 11 heteroatoms. The van der Waals surface area contributed by atoms with E-state index in [1.54, 1.807) is 0 Å². The van der Waals surface area contributed by atoms with Crippen LogP contribution in [0.5, 0.6) is 0 Å². The standard InChI is InChI=1S/C12H23NO10/c13-5-8(18)6(16)3(1-14)21-11(5)23-12-10(20)9(19)7(17)4(2-15)22-12/h3-12,14-20H,1-2,13H2/t3-,4-,5+,6-,7+,8-,9+,10-,11-,12+/m1/s1. The van der Waals surface area contributed by atoms with E-state index in [9.17, 15) is 25.5 Å². The predicted octanol–water partition coefficient (Wildman–Crippen LogP) is -5.43. The van der Waals surface area contributed by atoms with Crippen molar-refractivity contribution in [2.75, 3.05) is 13.2 Å². The van der Waals surface area contributed by atoms with Gasteiger partial charge in [0.05, 0.1) is 19.3 Å². The molecule has 0 amide bonds. The third kappa shape index (κ3) is 3.65. The average molecular weight is 341 g/mol. The van der Waals surface area contributed by atoms with Crippen LogP contribution in [0.3, 0.4) is 0 Å². The van der Waals surface area contributed by atoms with Gasteiger partial charge in [0.2, 0.25) is 0 Å². The van der Waals surface area contributed by atoms with Crippen LogP contribution in [-0.4, -0.2) is 110 Å². The molecule has 0 aromatic rings. The van der Waals surface area contributed by atoms with Gasteiger partial charge in [-0.1, -0.05) is 0 Å². The highest BCUT2D eigenvalue weighted by molar-refractivity contribution is 4.93. The molecule has 2 aliphatic heterocycles. The van der Waals surface area contributed by atoms with Crippen LogP contribution in [0.1, 0.15) is 0 Å². The van der Waals surface area contributed by atoms with Crippen molar-refractivity contribution < 1.29 is 50.0 Å². The summed E-state index contributed by atoms with van der Waals surface area (Å²) in [6, 6.07) is -1.22. The van der Waals surface area contributed by atoms with Crippen molar-refractivity contribution in [3.8, 4) is 0 Å². The number of hydrogen-bond donors (Lipinski definition) is 8. The molecule has 23 heavy (non-hydrogen) atoms. The van der Waals surface area contributed by atoms with E-state index in [4.69, 9.17) is 30.2 Å². The van der Waals surface area contributed by atoms with E-state index in [-0.39, 0.29) is 0 Å². The van der Waals surface area contributed by atoms with Crippen LogP contribution in [-0.2, 0) is 14.2 Å². The van der Waals surface area contributed by atoms with Crippen LogP contribution >= 0.6 is 0 Å². The van der Waals surface area contributed by atoms with Gasteiger partial charge in [0, 0.05) is 0 Å². The topological polar surface area (TPSA) is 195 Å². The van der Waals surface area contributed by atoms with Gasteiger partial charge in [-0.2, -0.15) is 0 Å². The molecule has 0 aromatic carbocycles. The van der Waals surface area contributed by atoms with Crippen LogP contribution in [0.4, 0.5) is 0 Å². The first-order valence-corrected chi connectivity index (χ1v) is 7.15. The van der Waals surface area contributed by atoms with E-state index in [2.05, 4.69) is 0 Å². The second-order valence-corrected chi connectivity index (χ2v) is 5.62. The summed E-state index contributed by atoms with van der Waals surface area (Å²) in [6.07, 6.45) is -13.0. The maximum absolute atomic E-state index is 9.88. The van der Waals surface area contributed by atoms with Crippen LogP contribution in [0, 0.1) is 0 Å². The largest absolute Gasteiger partial charge is 0.394 e. The van der Waals surface area contributed by atoms with E-state index < -0.39 is 74.6 Å². The third-order valence-corrected chi connectivity index (χ3v) is 4.05. The summed E-state index contributed by atoms with van der Waals surface area (Å²) >= 11 is 0. The van der Waals surface area contributed by atoms with Crippen molar-refractivity contribution in [1.82, 2.24) is 0 Å². The molecule has 0 saturated carbocycles. The molecular weight excluding hydrogens is 318 g/mol. The van der Waals surface area contributed by atoms with Crippen molar-refractivity contribution in [3.63, 3.8) is 0 Å². The summed E-state index contributed by atoms with van der Waals surface area (Å²) < 4.78 is 15.6. The number of aliphatic hydroxyl groups is 7. The fourth-order valence-corrected chi connectivity index (χ4v) is 2.54. The molecule has 0 spiro atoms. The first kappa shape index (κ1) is 18.9. The molecule has 0 unspecified atom stereocenters. The summed E-state index contributed by atoms with van der Waals surface area (Å²) in [5, 5.41) is 67.0. The lowest BCUT2D eigenvalue weighted by Crippen LogP contribution is -2.65. The average Bonchev–Trinajstić information content (AvgIpc) is 2.55. The van der Waals surface area contributed by atoms with E-state index >= 15 is 0 Å². The zero-order chi connectivity index (χ0) is 17.3. The molecule has 0 bridgehead atoms. The van der Waals surface area contributed by atoms with Crippen LogP contribution < -0.4 is 5.73 Å². The molecule has 2 saturated heterocycles. The van der Waals surface area contributed by atoms with Gasteiger partial charge in [-0.15, -0.1) is 0 Å². The minimum atomic E-state index is -1.67. The first-order chi connectivity index (χ1) is 10.8. The van der Waals surface area contributed by atoms with Crippen molar-refractivity contribution in [2.24, 2.45) is 5.73 Å². The van der Waals surface area contributed by atoms with Gasteiger partial charge in [-0.25, -0.2) is 0 Å². The predicted molar refractivity (Wildman–Crippen MR) is 70.6 cm³/mol. The van der Waals surface area contributed by atoms with Crippen LogP contribution in [0.15, 0.2) is 0 Å². The third-order valence-electron chi connectivity index (χ3n) is 4.05. The van der Waals surface area contributed by atoms with Gasteiger partial charge < -0.3 is 55.7 Å². The molecular formula is C12H23NO10. The molecule has 136 valence electrons. The normalized spacial score (nSPS) is 51.7. The lowest BCUT2D eigenvalue weighted by atomic mass is 9.97. The molecule has 2 aliphatic rings. The molecule has 11 nitrogen and oxygen atoms in total. The van der Waals surface area contributed by atoms with Gasteiger partial charge in [0.15, 0.2) is 12.6 Å². The van der Waals surface area contributed by atoms with E-state index in [1.165, 1.54) is 0 Å². The number of aliphatic hydroxyl groups excluding tert-OH is 7. The number of hydrogen-bond acceptors (Lipinski definition) is 11. The van der Waals surface area contributed by atoms with Crippen LogP contribution in [0.25, 0.3) is 0 Å². The van der Waals surface area contributed by atoms with Gasteiger partial charge in [-0.3, -0.25) is 0 Å². The smallest absolute Gasteiger partial charge is 0.189 e. The Balaban J connectivity index is 2.07. The molecule has 2 fully saturated rings. The zero-order valence-corrected chi connectivity index (χ0v) is 12.1. The van der Waals surface area contributed by atoms with Crippen LogP contribution in [0.2, 0.25) is 0 Å². The number of ether oxygens (including phenoxy) is 3. The van der Waals surface area contributed by atoms with Crippen molar-refractivity contribution >= 4 is 0 Å². The van der Waals surface area contributed by atoms with Gasteiger partial charge in [-0.05, 0) is 0 Å². The fourth-order valence-electron chi connectivity index (χ4n) is 2.54. The Hall–Kier alpha value is -0.440. The van der Waals surface area contributed by atoms with Gasteiger partial charge in [0.1, 0.15) is 42.7 Å². The molecule has 2 heterocycles. The molecule has 10 atom stereocenters. The van der Waals surface area contributed by atoms with E-state index in [0.717, 1.165) is 0 Å². The van der Waals surface area contributed by atoms with E-state index in [0.29, 0.717) is 0 Å². The molecule has 9 N–H and O–H groups in total. The lowest BCUT2D eigenvalue weighted by Gasteiger charge is -2.45. The molecule has 2 rings (SSSR count). The monoisotopic (exact) mass is 341 g/mol. The summed E-state index contributed by atoms with van der Waals surface area (Å²) in [6.45, 7) is -1.25. The minimum absolute atomic E-state index is 0.612. The first-order valence-electron chi connectivity index (χ1n) is 7.15. The maximum Gasteiger partial charge on any atom is 0.189 e. The summed E-state index contributed by atoms with van der Waals surface area (Å²) in [7, 11) is 0. The minimum Gasteiger partial charge on any atom is -0.394 e. The Bertz CT molecular complexity index is 349. The summed E-state index contributed by atoms with van der Waals surface area (Å²) in [4.78, 5) is 0. The van der Waals surface area contributed by atoms with Gasteiger partial charge in [0.25, 0.3) is 0 Å². The number of rotatable bonds is 4. The Morgan fingerprint density at radius 2 is 1.17 bits per heavy atom. The maximum atomic E-state index is 9.88. The Morgan fingerprint density at radius 1 is 0.696 bits per heavy atom. The number of nitrogens with two attached hydrogens (primary N) is 1. The zero-order valence-electron chi connectivity index (χ0n) is 12.1. The lowest BCUT2D eigenvalue weighted by molar-refractivity contribution is -0.361. The fraction of sp³-hybridized carbons (Fsp3) is 1.00. The molecule has 0 radical (unpaired) electrons. The van der Waals surface area contributed by atoms with Gasteiger partial charge >= 0.3 is 0 Å². The van der Waals surface area contributed by atoms with Crippen molar-refractivity contribution in [3.05, 3.63) is 0 Å². The SMILES string of the molecule is N[C@@H]1[C@@H](O[C@@H]2O[C@H](CO)[C@H](O)[C@H](O)[C@H]2O)O[C@H](CO)[C@@H](O)[C@@H]1O. The molecule has 0 aliphatic carbocycles. The Labute approximate surface area is 131 Å². The Kier molecular flexibility index (Phi) is 6.27. The summed E-state index contributed by atoms with van der Waals surface area (Å²) in [5.74, 6) is 0. The second-order valence-electron chi connectivity index (χ2n) is 5.62. The second kappa shape index (κ2) is 7.63. The highest BCUT2D eigenvalue weighted by Crippen LogP contribution is 2.27. The highest BCUT2D eigenvalue weighted by atomic mass is 16.8. The van der Waals surface area contributed by atoms with E-state index in [1.807, 2.05) is 0 Å². The van der Waals surface area contributed by atoms with Crippen molar-refractivity contribution in [2.45, 2.75) is 61.3 Å². The quantitative estimate of drug-likeness (QED) is 0.243. The highest BCUT2D eigenvalue weighted by Gasteiger charge is 2.48. The summed E-state index contributed by atoms with van der Waals surface area (Å²) in [5.41, 5.74) is 5.68. The van der Waals surface area contributed by atoms with Crippen molar-refractivity contribution in [1.29, 1.82) is 0 Å².